The quantitative estimate of drug-likeness (QED) is 0.0121. The Hall–Kier alpha value is -8.66. The molecule has 0 spiro atoms. The highest BCUT2D eigenvalue weighted by molar-refractivity contribution is 14.1. The van der Waals surface area contributed by atoms with E-state index in [2.05, 4.69) is 66.8 Å². The number of pyridine rings is 7. The van der Waals surface area contributed by atoms with Crippen LogP contribution in [-0.4, -0.2) is 263 Å². The van der Waals surface area contributed by atoms with Crippen LogP contribution in [0.4, 0.5) is 123 Å². The first kappa shape index (κ1) is 118. The van der Waals surface area contributed by atoms with Crippen LogP contribution in [0.25, 0.3) is 0 Å². The Kier molecular flexibility index (Phi) is 45.1. The number of H-pyrrole nitrogens is 2. The number of aromatic nitrogens is 7. The zero-order chi connectivity index (χ0) is 101. The number of methoxy groups -OCH3 is 3. The van der Waals surface area contributed by atoms with E-state index in [9.17, 15) is 139 Å². The van der Waals surface area contributed by atoms with Crippen molar-refractivity contribution < 1.29 is 144 Å². The number of rotatable bonds is 22. The summed E-state index contributed by atoms with van der Waals surface area (Å²) in [6.07, 6.45) is -14.5. The van der Waals surface area contributed by atoms with Crippen LogP contribution in [0.2, 0.25) is 0 Å². The Morgan fingerprint density at radius 2 is 0.860 bits per heavy atom. The molecule has 2 amide bonds. The predicted octanol–water partition coefficient (Wildman–Crippen LogP) is 15.3. The summed E-state index contributed by atoms with van der Waals surface area (Å²) >= 11 is 6.37. The fraction of sp³-hybridized carbons (Fsp3) is 0.500. The zero-order valence-electron chi connectivity index (χ0n) is 72.0. The van der Waals surface area contributed by atoms with Crippen molar-refractivity contribution >= 4 is 143 Å². The third-order valence-corrected chi connectivity index (χ3v) is 22.8. The van der Waals surface area contributed by atoms with Gasteiger partial charge >= 0.3 is 24.7 Å². The van der Waals surface area contributed by atoms with Gasteiger partial charge in [-0.1, -0.05) is 38.5 Å². The van der Waals surface area contributed by atoms with Crippen molar-refractivity contribution in [1.29, 1.82) is 0 Å². The van der Waals surface area contributed by atoms with Crippen LogP contribution in [-0.2, 0) is 43.2 Å². The van der Waals surface area contributed by atoms with E-state index in [4.69, 9.17) is 19.9 Å². The van der Waals surface area contributed by atoms with Gasteiger partial charge in [-0.2, -0.15) is 52.7 Å². The maximum absolute atomic E-state index is 14.7. The number of nitrogens with two attached hydrogens (primary N) is 1. The molecule has 12 heterocycles. The van der Waals surface area contributed by atoms with E-state index < -0.39 is 166 Å². The number of carbonyl (C=O) groups is 5. The van der Waals surface area contributed by atoms with E-state index >= 15 is 0 Å². The Morgan fingerprint density at radius 3 is 1.22 bits per heavy atom. The number of nitrogen functional groups attached to an aromatic ring is 1. The van der Waals surface area contributed by atoms with Gasteiger partial charge in [0.1, 0.15) is 23.3 Å². The van der Waals surface area contributed by atoms with Crippen LogP contribution < -0.4 is 47.0 Å². The topological polar surface area (TPSA) is 318 Å². The average Bonchev–Trinajstić information content (AvgIpc) is 0.803. The molecule has 5 aliphatic heterocycles. The van der Waals surface area contributed by atoms with Crippen LogP contribution in [0.3, 0.4) is 0 Å². The molecule has 7 aromatic rings. The Morgan fingerprint density at radius 1 is 0.507 bits per heavy atom. The number of nitrogens with one attached hydrogen (secondary N) is 5. The lowest BCUT2D eigenvalue weighted by Crippen LogP contribution is -2.52. The molecule has 0 aliphatic carbocycles. The monoisotopic (exact) mass is 2270 g/mol. The maximum atomic E-state index is 14.7. The maximum Gasteiger partial charge on any atom is 0.397 e. The summed E-state index contributed by atoms with van der Waals surface area (Å²) in [7, 11) is 7.80. The fourth-order valence-electron chi connectivity index (χ4n) is 13.9. The van der Waals surface area contributed by atoms with Gasteiger partial charge in [-0.05, 0) is 158 Å². The number of piperidine rings is 5. The molecule has 7 atom stereocenters. The van der Waals surface area contributed by atoms with Crippen LogP contribution in [0.15, 0.2) is 108 Å². The number of amides is 2. The highest BCUT2D eigenvalue weighted by Crippen LogP contribution is 2.46. The number of hydrogen-bond acceptors (Lipinski definition) is 21. The van der Waals surface area contributed by atoms with E-state index in [1.54, 1.807) is 22.6 Å². The number of likely N-dealkylation sites (tertiary alicyclic amines) is 1. The number of ether oxygens (including phenoxy) is 3. The molecule has 56 heteroatoms. The van der Waals surface area contributed by atoms with Crippen molar-refractivity contribution in [3.8, 4) is 17.6 Å². The summed E-state index contributed by atoms with van der Waals surface area (Å²) < 4.78 is 327. The number of nitrogens with zero attached hydrogens (tertiary/aromatic N) is 9. The van der Waals surface area contributed by atoms with Gasteiger partial charge in [0.2, 0.25) is 29.5 Å². The van der Waals surface area contributed by atoms with Crippen LogP contribution in [0, 0.1) is 15.2 Å². The second kappa shape index (κ2) is 52.0. The highest BCUT2D eigenvalue weighted by atomic mass is 127. The Balaban J connectivity index is 0.000000289. The minimum atomic E-state index is -4.67. The van der Waals surface area contributed by atoms with Crippen LogP contribution in [0.1, 0.15) is 120 Å². The van der Waals surface area contributed by atoms with E-state index in [0.29, 0.717) is 45.0 Å². The lowest BCUT2D eigenvalue weighted by Gasteiger charge is -2.40. The van der Waals surface area contributed by atoms with Crippen molar-refractivity contribution in [3.05, 3.63) is 178 Å². The minimum absolute atomic E-state index is 0. The standard InChI is InChI=1S/C20H20F6N4O2.C14H15BF5N2O2.C12H13BF2IN2O2.C12H15BF2N3O2.C12H13F5N2O.C8H8BrFN2O.C2H2F3I.ClH/c1-11(17(31)29-16-3-2-14(21)9-27-16)30-5-4-19(22,23)15(10-30)13-6-12(7-20(24,25)26)18(32)28-8-13;1-24-12-9(5-14(18,19)20)4-10(6-21-12)11-7-22(15-8-23)3-2-13(11,16)17;2*1-20-11-10(16)4-8(5-17-11)9-6-18(13-7-19)3-2-12(9,14)15;13-11(14)1-2-18-6-9(11)8-3-7(4-12(15,16)17)10(20)19-5-8;1-5(9)8(13)12-7-3-2-6(10)4-11-7;3-2(4,5)1-6;/h2-3,6,8-9,11,15H,4-5,7,10H2,1H3,(H,28,32)(H,27,29,31);4,6,8,11H,2-3,5,7H2,1H3;4-5,7,9H,2-3,6H2,1H3;4-5,7,9H,2-3,6,16H2,1H3;3,5,9,18H,1-2,4,6H2,(H,19,20);2-5H,1H3,(H,11,12,13);1H2;1H/t11-,15+;;;;;;;/m0......./s1. The SMILES string of the molecule is CC(Br)C(=O)Nc1ccc(F)cn1.COc1ncc(C2CN([B]C=O)CCC2(F)F)cc1CC(F)(F)F.COc1ncc(C2CN([B]C=O)CCC2(F)F)cc1I.COc1ncc(C2CN([B]C=O)CCC2(F)F)cc1N.C[C@@H](C(=O)Nc1ccc(F)cn1)N1CCC(F)(F)[C@@H](c2c[nH]c(=O)c(CC(F)(F)F)c2)C1.Cl.FC(F)(F)CI.O=c1[nH]cc(C2CNCCC2(F)F)cc1CC(F)(F)F. The smallest absolute Gasteiger partial charge is 0.397 e. The fourth-order valence-corrected chi connectivity index (χ4v) is 14.7. The van der Waals surface area contributed by atoms with Gasteiger partial charge < -0.3 is 74.7 Å². The number of anilines is 3. The summed E-state index contributed by atoms with van der Waals surface area (Å²) in [4.78, 5) is 107. The molecule has 5 saturated heterocycles. The second-order valence-corrected chi connectivity index (χ2v) is 33.9. The van der Waals surface area contributed by atoms with Crippen LogP contribution in [0.5, 0.6) is 17.6 Å². The molecule has 747 valence electrons. The largest absolute Gasteiger partial charge is 0.481 e. The number of hydrogen-bond donors (Lipinski definition) is 6. The molecule has 0 aromatic carbocycles. The summed E-state index contributed by atoms with van der Waals surface area (Å²) in [6, 6.07) is 10.1. The first-order chi connectivity index (χ1) is 62.8. The van der Waals surface area contributed by atoms with Gasteiger partial charge in [0.15, 0.2) is 0 Å². The van der Waals surface area contributed by atoms with E-state index in [1.165, 1.54) is 105 Å². The second-order valence-electron chi connectivity index (χ2n) is 30.6. The first-order valence-corrected chi connectivity index (χ1v) is 43.5. The lowest BCUT2D eigenvalue weighted by atomic mass is 9.82. The third kappa shape index (κ3) is 37.5. The summed E-state index contributed by atoms with van der Waals surface area (Å²) in [5, 5.41) is 7.75. The molecule has 7 aromatic heterocycles. The average molecular weight is 2280 g/mol. The van der Waals surface area contributed by atoms with Crippen molar-refractivity contribution in [2.75, 3.05) is 108 Å². The lowest BCUT2D eigenvalue weighted by molar-refractivity contribution is -0.128. The molecule has 136 heavy (non-hydrogen) atoms. The Labute approximate surface area is 805 Å². The van der Waals surface area contributed by atoms with Gasteiger partial charge in [0.05, 0.1) is 126 Å². The molecule has 3 radical (unpaired) electrons. The molecule has 25 nitrogen and oxygen atoms in total. The molecule has 0 saturated carbocycles. The summed E-state index contributed by atoms with van der Waals surface area (Å²) in [6.45, 7) is 3.17. The molecule has 5 unspecified atom stereocenters. The van der Waals surface area contributed by atoms with Crippen molar-refractivity contribution in [1.82, 2.24) is 59.5 Å². The van der Waals surface area contributed by atoms with Gasteiger partial charge in [-0.25, -0.2) is 77.6 Å². The highest BCUT2D eigenvalue weighted by Gasteiger charge is 2.51. The number of alkyl halides is 24. The van der Waals surface area contributed by atoms with Gasteiger partial charge in [0.25, 0.3) is 63.0 Å². The molecule has 5 fully saturated rings. The Bertz CT molecular complexity index is 5070. The number of aromatic amines is 2. The molecule has 5 aliphatic rings. The molecule has 7 N–H and O–H groups in total. The number of carbonyl (C=O) groups excluding carboxylic acids is 5. The molecule has 12 rings (SSSR count). The van der Waals surface area contributed by atoms with E-state index in [-0.39, 0.29) is 153 Å². The molecule has 0 bridgehead atoms. The van der Waals surface area contributed by atoms with Gasteiger partial charge in [-0.3, -0.25) is 24.1 Å². The third-order valence-electron chi connectivity index (χ3n) is 20.8. The predicted molar refractivity (Wildman–Crippen MR) is 477 cm³/mol. The van der Waals surface area contributed by atoms with E-state index in [0.717, 1.165) is 69.8 Å². The van der Waals surface area contributed by atoms with Crippen molar-refractivity contribution in [3.63, 3.8) is 0 Å². The molecular weight excluding hydrogens is 2190 g/mol. The number of halogens is 28. The first-order valence-electron chi connectivity index (χ1n) is 40.0. The van der Waals surface area contributed by atoms with Crippen molar-refractivity contribution in [2.45, 2.75) is 160 Å². The summed E-state index contributed by atoms with van der Waals surface area (Å²) in [5.74, 6) is -22.1. The van der Waals surface area contributed by atoms with Gasteiger partial charge in [-0.15, -0.1) is 12.4 Å². The minimum Gasteiger partial charge on any atom is -0.481 e. The van der Waals surface area contributed by atoms with E-state index in [1.807, 2.05) is 22.6 Å². The summed E-state index contributed by atoms with van der Waals surface area (Å²) in [5.41, 5.74) is 3.19. The van der Waals surface area contributed by atoms with Gasteiger partial charge in [0, 0.05) is 106 Å². The van der Waals surface area contributed by atoms with Crippen LogP contribution >= 0.6 is 73.5 Å². The zero-order valence-corrected chi connectivity index (χ0v) is 78.7. The molecular formula is C80H87B3BrClF24I2N15O10. The van der Waals surface area contributed by atoms with Crippen molar-refractivity contribution in [2.24, 2.45) is 0 Å². The normalized spacial score (nSPS) is 20.1.